The Bertz CT molecular complexity index is 790. The first-order valence-corrected chi connectivity index (χ1v) is 14.5. The van der Waals surface area contributed by atoms with E-state index in [0.29, 0.717) is 0 Å². The molecule has 0 fully saturated rings. The summed E-state index contributed by atoms with van der Waals surface area (Å²) in [4.78, 5) is 0. The van der Waals surface area contributed by atoms with E-state index in [1.165, 1.54) is 33.0 Å². The monoisotopic (exact) mass is 597 g/mol. The maximum absolute atomic E-state index is 4.93. The fourth-order valence-electron chi connectivity index (χ4n) is 2.90. The van der Waals surface area contributed by atoms with Crippen LogP contribution in [-0.2, 0) is 58.9 Å². The quantitative estimate of drug-likeness (QED) is 0.259. The fraction of sp³-hybridized carbons (Fsp3) is 0.286. The summed E-state index contributed by atoms with van der Waals surface area (Å²) in [6.07, 6.45) is 1.09. The molecular formula is C21H25Cl4Zr2-. The van der Waals surface area contributed by atoms with Gasteiger partial charge in [-0.15, -0.1) is 59.3 Å². The summed E-state index contributed by atoms with van der Waals surface area (Å²) in [5.74, 6) is 0. The van der Waals surface area contributed by atoms with Crippen molar-refractivity contribution >= 4 is 52.6 Å². The first kappa shape index (κ1) is 30.2. The van der Waals surface area contributed by atoms with Crippen molar-refractivity contribution in [3.63, 3.8) is 0 Å². The van der Waals surface area contributed by atoms with Crippen molar-refractivity contribution in [1.82, 2.24) is 0 Å². The molecule has 0 N–H and O–H groups in total. The molecule has 0 atom stereocenters. The average molecular weight is 602 g/mol. The van der Waals surface area contributed by atoms with Gasteiger partial charge >= 0.3 is 37.9 Å². The van der Waals surface area contributed by atoms with Crippen LogP contribution in [-0.4, -0.2) is 0 Å². The molecule has 0 aliphatic heterocycles. The molecule has 0 aliphatic carbocycles. The van der Waals surface area contributed by atoms with Crippen molar-refractivity contribution < 1.29 is 47.1 Å². The third-order valence-corrected chi connectivity index (χ3v) is 4.28. The standard InChI is InChI=1S/C21H23.4ClH.2Zr/c1-5-15-13-17-7-6-8-19(20(17)14-15)16-9-11-18(12-10-16)21(2,3)4;;;;;;/h6-14H,5H2,1-4H3;4*1H;;/q-1;;;;;;+2/p-2. The number of hydrogen-bond acceptors (Lipinski definition) is 0. The SMILES string of the molecule is CCc1cc2c(-c3ccc(C(C)(C)C)cc3)cccc2[cH-]1.Cl.Cl.[Cl][Zr][Cl].[Zr]. The molecule has 0 saturated heterocycles. The zero-order chi connectivity index (χ0) is 17.7. The largest absolute Gasteiger partial charge is 0 e. The maximum atomic E-state index is 4.93. The van der Waals surface area contributed by atoms with Gasteiger partial charge in [0.25, 0.3) is 0 Å². The van der Waals surface area contributed by atoms with E-state index in [9.17, 15) is 0 Å². The van der Waals surface area contributed by atoms with Crippen molar-refractivity contribution in [3.8, 4) is 11.1 Å². The molecule has 0 unspecified atom stereocenters. The second-order valence-electron chi connectivity index (χ2n) is 6.92. The zero-order valence-electron chi connectivity index (χ0n) is 16.0. The summed E-state index contributed by atoms with van der Waals surface area (Å²) in [5.41, 5.74) is 5.66. The molecule has 3 rings (SSSR count). The van der Waals surface area contributed by atoms with Gasteiger partial charge in [0.1, 0.15) is 0 Å². The van der Waals surface area contributed by atoms with E-state index in [0.717, 1.165) is 6.42 Å². The molecule has 0 amide bonds. The maximum Gasteiger partial charge on any atom is 0 e. The second kappa shape index (κ2) is 14.1. The molecular weight excluding hydrogens is 576 g/mol. The van der Waals surface area contributed by atoms with Crippen LogP contribution in [0.5, 0.6) is 0 Å². The molecule has 0 saturated carbocycles. The molecule has 0 radical (unpaired) electrons. The van der Waals surface area contributed by atoms with E-state index in [4.69, 9.17) is 17.0 Å². The number of aryl methyl sites for hydroxylation is 1. The van der Waals surface area contributed by atoms with Gasteiger partial charge in [0.15, 0.2) is 0 Å². The summed E-state index contributed by atoms with van der Waals surface area (Å²) in [6, 6.07) is 20.3. The molecule has 0 aromatic heterocycles. The third kappa shape index (κ3) is 8.32. The van der Waals surface area contributed by atoms with Crippen molar-refractivity contribution in [2.24, 2.45) is 0 Å². The Labute approximate surface area is 213 Å². The molecule has 27 heavy (non-hydrogen) atoms. The number of rotatable bonds is 2. The van der Waals surface area contributed by atoms with Crippen LogP contribution >= 0.6 is 41.8 Å². The van der Waals surface area contributed by atoms with Crippen molar-refractivity contribution in [2.45, 2.75) is 39.5 Å². The van der Waals surface area contributed by atoms with E-state index in [1.54, 1.807) is 0 Å². The van der Waals surface area contributed by atoms with Gasteiger partial charge in [-0.3, -0.25) is 0 Å². The van der Waals surface area contributed by atoms with Crippen LogP contribution in [0.2, 0.25) is 0 Å². The minimum absolute atomic E-state index is 0. The van der Waals surface area contributed by atoms with Gasteiger partial charge in [0, 0.05) is 26.2 Å². The van der Waals surface area contributed by atoms with Gasteiger partial charge in [-0.1, -0.05) is 63.6 Å². The zero-order valence-corrected chi connectivity index (χ0v) is 24.0. The molecule has 3 aromatic rings. The predicted octanol–water partition coefficient (Wildman–Crippen LogP) is 8.30. The topological polar surface area (TPSA) is 0 Å². The van der Waals surface area contributed by atoms with Crippen LogP contribution in [0.1, 0.15) is 38.8 Å². The van der Waals surface area contributed by atoms with Crippen LogP contribution < -0.4 is 0 Å². The molecule has 0 spiro atoms. The van der Waals surface area contributed by atoms with Gasteiger partial charge in [0.05, 0.1) is 0 Å². The molecule has 0 nitrogen and oxygen atoms in total. The second-order valence-corrected chi connectivity index (χ2v) is 10.7. The summed E-state index contributed by atoms with van der Waals surface area (Å²) in [7, 11) is 9.87. The molecule has 3 aromatic carbocycles. The summed E-state index contributed by atoms with van der Waals surface area (Å²) < 4.78 is 0. The van der Waals surface area contributed by atoms with E-state index < -0.39 is 20.8 Å². The average Bonchev–Trinajstić information content (AvgIpc) is 2.98. The van der Waals surface area contributed by atoms with E-state index >= 15 is 0 Å². The number of hydrogen-bond donors (Lipinski definition) is 0. The summed E-state index contributed by atoms with van der Waals surface area (Å²) >= 11 is -0.826. The predicted molar refractivity (Wildman–Crippen MR) is 119 cm³/mol. The normalized spacial score (nSPS) is 9.85. The first-order chi connectivity index (χ1) is 11.4. The first-order valence-electron chi connectivity index (χ1n) is 8.16. The van der Waals surface area contributed by atoms with Crippen LogP contribution in [0.25, 0.3) is 21.9 Å². The van der Waals surface area contributed by atoms with Crippen molar-refractivity contribution in [2.75, 3.05) is 0 Å². The summed E-state index contributed by atoms with van der Waals surface area (Å²) in [5, 5.41) is 2.72. The van der Waals surface area contributed by atoms with E-state index in [-0.39, 0.29) is 56.4 Å². The smallest absolute Gasteiger partial charge is 0 e. The molecule has 0 heterocycles. The Morgan fingerprint density at radius 3 is 2.00 bits per heavy atom. The third-order valence-electron chi connectivity index (χ3n) is 4.28. The van der Waals surface area contributed by atoms with Gasteiger partial charge in [-0.2, -0.15) is 6.07 Å². The molecule has 0 bridgehead atoms. The summed E-state index contributed by atoms with van der Waals surface area (Å²) in [6.45, 7) is 8.99. The Balaban J connectivity index is 0. The van der Waals surface area contributed by atoms with Gasteiger partial charge < -0.3 is 0 Å². The van der Waals surface area contributed by atoms with E-state index in [1.807, 2.05) is 0 Å². The Kier molecular flexibility index (Phi) is 15.7. The molecule has 146 valence electrons. The Morgan fingerprint density at radius 2 is 1.52 bits per heavy atom. The van der Waals surface area contributed by atoms with Crippen molar-refractivity contribution in [3.05, 3.63) is 65.7 Å². The molecule has 6 heteroatoms. The van der Waals surface area contributed by atoms with Crippen LogP contribution in [0.4, 0.5) is 0 Å². The van der Waals surface area contributed by atoms with Gasteiger partial charge in [-0.25, -0.2) is 0 Å². The van der Waals surface area contributed by atoms with Crippen LogP contribution in [0.15, 0.2) is 54.6 Å². The Morgan fingerprint density at radius 1 is 0.963 bits per heavy atom. The minimum atomic E-state index is -0.826. The van der Waals surface area contributed by atoms with Gasteiger partial charge in [-0.05, 0) is 23.0 Å². The Hall–Kier alpha value is 0.976. The number of halogens is 4. The fourth-order valence-corrected chi connectivity index (χ4v) is 2.90. The number of benzene rings is 2. The van der Waals surface area contributed by atoms with Crippen LogP contribution in [0, 0.1) is 0 Å². The molecule has 0 aliphatic rings. The van der Waals surface area contributed by atoms with Crippen LogP contribution in [0.3, 0.4) is 0 Å². The van der Waals surface area contributed by atoms with Gasteiger partial charge in [0.2, 0.25) is 0 Å². The number of fused-ring (bicyclic) bond motifs is 1. The van der Waals surface area contributed by atoms with E-state index in [2.05, 4.69) is 82.3 Å². The van der Waals surface area contributed by atoms with Crippen molar-refractivity contribution in [1.29, 1.82) is 0 Å². The minimum Gasteiger partial charge on any atom is 0 e.